The van der Waals surface area contributed by atoms with E-state index in [-0.39, 0.29) is 105 Å². The number of hydrogen-bond acceptors (Lipinski definition) is 17. The highest BCUT2D eigenvalue weighted by molar-refractivity contribution is 7.94. The number of hydrogen-bond donors (Lipinski definition) is 8. The highest BCUT2D eigenvalue weighted by Crippen LogP contribution is 2.33. The molecule has 4 aromatic heterocycles. The van der Waals surface area contributed by atoms with Gasteiger partial charge in [-0.15, -0.1) is 0 Å². The quantitative estimate of drug-likeness (QED) is 0.0276. The number of carbonyl (C=O) groups is 4. The number of rotatable bonds is 23. The molecule has 25 nitrogen and oxygen atoms in total. The molecule has 2 aliphatic carbocycles. The second kappa shape index (κ2) is 36.3. The zero-order valence-corrected chi connectivity index (χ0v) is 63.3. The summed E-state index contributed by atoms with van der Waals surface area (Å²) in [6.45, 7) is 1.91. The molecule has 0 saturated heterocycles. The molecule has 8 N–H and O–H groups in total. The number of nitrogens with zero attached hydrogens (tertiary/aromatic N) is 4. The highest BCUT2D eigenvalue weighted by atomic mass is 35.5. The Morgan fingerprint density at radius 2 is 0.743 bits per heavy atom. The first-order valence-electron chi connectivity index (χ1n) is 31.5. The molecule has 2 saturated carbocycles. The van der Waals surface area contributed by atoms with Gasteiger partial charge >= 0.3 is 0 Å². The van der Waals surface area contributed by atoms with E-state index in [2.05, 4.69) is 60.1 Å². The predicted octanol–water partition coefficient (Wildman–Crippen LogP) is 15.3. The first kappa shape index (κ1) is 82.8. The van der Waals surface area contributed by atoms with Gasteiger partial charge < -0.3 is 26.0 Å². The topological polar surface area (TPSA) is 362 Å². The average Bonchev–Trinajstić information content (AvgIpc) is 1.22. The largest absolute Gasteiger partial charge is 0.494 e. The maximum absolute atomic E-state index is 13.2. The molecule has 39 heteroatoms. The molecule has 4 heterocycles. The van der Waals surface area contributed by atoms with Crippen molar-refractivity contribution in [1.82, 2.24) is 19.9 Å². The molecule has 4 amide bonds. The monoisotopic (exact) mass is 1670 g/mol. The van der Waals surface area contributed by atoms with Crippen molar-refractivity contribution in [3.63, 3.8) is 0 Å². The van der Waals surface area contributed by atoms with Crippen LogP contribution in [0.4, 0.5) is 68.0 Å². The number of aromatic nitrogens is 4. The van der Waals surface area contributed by atoms with E-state index in [1.165, 1.54) is 129 Å². The molecule has 2 aliphatic rings. The highest BCUT2D eigenvalue weighted by Gasteiger charge is 2.37. The van der Waals surface area contributed by atoms with E-state index in [1.54, 1.807) is 12.1 Å². The normalized spacial score (nSPS) is 12.5. The van der Waals surface area contributed by atoms with Crippen LogP contribution in [0.15, 0.2) is 183 Å². The number of nitrogens with one attached hydrogen (secondary N) is 8. The molecular weight excluding hydrogens is 1620 g/mol. The molecule has 12 rings (SSSR count). The molecule has 0 atom stereocenters. The van der Waals surface area contributed by atoms with Crippen LogP contribution >= 0.6 is 58.0 Å². The fourth-order valence-electron chi connectivity index (χ4n) is 9.17. The van der Waals surface area contributed by atoms with E-state index >= 15 is 0 Å². The molecular formula is C70H58Cl5F5N12O13S4. The summed E-state index contributed by atoms with van der Waals surface area (Å²) >= 11 is 28.7. The van der Waals surface area contributed by atoms with Crippen molar-refractivity contribution in [2.24, 2.45) is 0 Å². The van der Waals surface area contributed by atoms with Crippen molar-refractivity contribution in [3.8, 4) is 5.75 Å². The lowest BCUT2D eigenvalue weighted by molar-refractivity contribution is 0.101. The van der Waals surface area contributed by atoms with Gasteiger partial charge in [0.2, 0.25) is 40.1 Å². The van der Waals surface area contributed by atoms with Crippen molar-refractivity contribution < 1.29 is 79.5 Å². The van der Waals surface area contributed by atoms with E-state index in [0.717, 1.165) is 42.0 Å². The summed E-state index contributed by atoms with van der Waals surface area (Å²) in [7, 11) is -13.2. The Hall–Kier alpha value is -10.3. The lowest BCUT2D eigenvalue weighted by atomic mass is 10.2. The molecule has 570 valence electrons. The third-order valence-electron chi connectivity index (χ3n) is 14.9. The van der Waals surface area contributed by atoms with Gasteiger partial charge in [0.15, 0.2) is 0 Å². The van der Waals surface area contributed by atoms with Gasteiger partial charge in [-0.2, -0.15) is 0 Å². The van der Waals surface area contributed by atoms with E-state index < -0.39 is 103 Å². The van der Waals surface area contributed by atoms with E-state index in [0.29, 0.717) is 42.5 Å². The van der Waals surface area contributed by atoms with Crippen LogP contribution in [-0.2, 0) is 51.6 Å². The number of amides is 4. The van der Waals surface area contributed by atoms with Crippen molar-refractivity contribution in [2.75, 3.05) is 47.3 Å². The number of pyridine rings is 4. The number of carbonyl (C=O) groups excluding carboxylic acids is 4. The van der Waals surface area contributed by atoms with Gasteiger partial charge in [0.1, 0.15) is 58.1 Å². The van der Waals surface area contributed by atoms with Crippen LogP contribution in [0.25, 0.3) is 0 Å². The number of aryl methyl sites for hydroxylation is 1. The SMILES string of the molecule is COc1cnc(NS(=O)(=O)C2CC2)cc1C(=O)Nc1ccc(F)c(Cl)c1.Cc1ccc(CS(=O)(=O)Nc2cc(C(=O)Nc3ccc(F)c(Cl)c3)ccn2)cc1.O=C(Nc1ccc(F)c(Cl)c1)c1cc(NS(=O)(=O)C2CC2)ncc1Cl.O=C(Nc1ccc(F)c(Cl)c1)c1ccnc(NS(=O)(=O)Cc2ccc(F)cc2)c1. The lowest BCUT2D eigenvalue weighted by Gasteiger charge is -2.12. The van der Waals surface area contributed by atoms with Crippen molar-refractivity contribution in [3.05, 3.63) is 276 Å². The Morgan fingerprint density at radius 3 is 1.11 bits per heavy atom. The third-order valence-corrected chi connectivity index (χ3v) is 22.5. The smallest absolute Gasteiger partial charge is 0.259 e. The zero-order chi connectivity index (χ0) is 79.1. The summed E-state index contributed by atoms with van der Waals surface area (Å²) in [5.74, 6) is -5.67. The summed E-state index contributed by atoms with van der Waals surface area (Å²) < 4.78 is 178. The van der Waals surface area contributed by atoms with Crippen LogP contribution in [0.1, 0.15) is 83.8 Å². The van der Waals surface area contributed by atoms with Gasteiger partial charge in [-0.05, 0) is 165 Å². The molecule has 10 aromatic rings. The lowest BCUT2D eigenvalue weighted by Crippen LogP contribution is -2.19. The van der Waals surface area contributed by atoms with Gasteiger partial charge in [0.05, 0.1) is 71.6 Å². The molecule has 0 aliphatic heterocycles. The second-order valence-electron chi connectivity index (χ2n) is 23.5. The number of sulfonamides is 4. The van der Waals surface area contributed by atoms with Gasteiger partial charge in [0, 0.05) is 52.5 Å². The Kier molecular flexibility index (Phi) is 27.5. The average molecular weight is 1680 g/mol. The van der Waals surface area contributed by atoms with E-state index in [4.69, 9.17) is 62.7 Å². The second-order valence-corrected chi connectivity index (χ2v) is 32.9. The summed E-state index contributed by atoms with van der Waals surface area (Å²) in [5.41, 5.74) is 3.56. The molecule has 2 fully saturated rings. The summed E-state index contributed by atoms with van der Waals surface area (Å²) in [6.07, 6.45) is 7.41. The molecule has 109 heavy (non-hydrogen) atoms. The fraction of sp³-hybridized carbons (Fsp3) is 0.143. The molecule has 0 spiro atoms. The number of ether oxygens (including phenoxy) is 1. The first-order chi connectivity index (χ1) is 51.5. The first-order valence-corrected chi connectivity index (χ1v) is 39.8. The fourth-order valence-corrected chi connectivity index (χ4v) is 15.0. The third kappa shape index (κ3) is 24.9. The zero-order valence-electron chi connectivity index (χ0n) is 56.2. The molecule has 0 radical (unpaired) electrons. The van der Waals surface area contributed by atoms with Crippen LogP contribution in [-0.4, -0.2) is 94.8 Å². The van der Waals surface area contributed by atoms with E-state index in [9.17, 15) is 74.8 Å². The molecule has 0 bridgehead atoms. The van der Waals surface area contributed by atoms with Gasteiger partial charge in [-0.25, -0.2) is 75.6 Å². The van der Waals surface area contributed by atoms with Gasteiger partial charge in [-0.1, -0.05) is 100.0 Å². The van der Waals surface area contributed by atoms with Crippen LogP contribution in [0.5, 0.6) is 5.75 Å². The number of anilines is 8. The summed E-state index contributed by atoms with van der Waals surface area (Å²) in [4.78, 5) is 65.3. The van der Waals surface area contributed by atoms with Crippen LogP contribution < -0.4 is 44.9 Å². The number of methoxy groups -OCH3 is 1. The van der Waals surface area contributed by atoms with Crippen LogP contribution in [0, 0.1) is 36.0 Å². The Labute approximate surface area is 645 Å². The Balaban J connectivity index is 0.000000168. The number of benzene rings is 6. The minimum Gasteiger partial charge on any atom is -0.494 e. The summed E-state index contributed by atoms with van der Waals surface area (Å²) in [6, 6.07) is 35.0. The van der Waals surface area contributed by atoms with Crippen molar-refractivity contribution in [2.45, 2.75) is 54.6 Å². The van der Waals surface area contributed by atoms with Gasteiger partial charge in [0.25, 0.3) is 23.6 Å². The minimum atomic E-state index is -3.84. The van der Waals surface area contributed by atoms with Crippen LogP contribution in [0.3, 0.4) is 0 Å². The minimum absolute atomic E-state index is 0.00131. The van der Waals surface area contributed by atoms with E-state index in [1.807, 2.05) is 19.1 Å². The maximum Gasteiger partial charge on any atom is 0.259 e. The van der Waals surface area contributed by atoms with Crippen LogP contribution in [0.2, 0.25) is 25.1 Å². The Morgan fingerprint density at radius 1 is 0.404 bits per heavy atom. The predicted molar refractivity (Wildman–Crippen MR) is 407 cm³/mol. The molecule has 0 unspecified atom stereocenters. The van der Waals surface area contributed by atoms with Crippen molar-refractivity contribution in [1.29, 1.82) is 0 Å². The summed E-state index contributed by atoms with van der Waals surface area (Å²) in [5, 5.41) is 8.80. The standard InChI is InChI=1S/C20H17ClFN3O3S.C19H14ClF2N3O3S.C16H15ClFN3O4S.C15H12Cl2FN3O3S/c1-13-2-4-14(5-3-13)12-29(27,28)25-19-10-15(8-9-23-19)20(26)24-16-6-7-18(22)17(21)11-16;20-16-10-15(5-6-17(16)22)24-19(26)13-7-8-23-18(9-13)25-29(27,28)11-12-1-3-14(21)4-2-12;1-25-14-8-19-15(21-26(23,24)10-3-4-10)7-11(14)16(22)20-9-2-5-13(18)12(17)6-9;16-11-5-8(1-4-13(11)18)20-15(22)10-6-14(19-7-12(10)17)21-25(23,24)9-2-3-9/h2-11H,12H2,1H3,(H,23,25)(H,24,26);1-10H,11H2,(H,23,25)(H,24,26);2,5-8,10H,3-4H2,1H3,(H,19,21)(H,20,22);1,4-7,9H,2-3H2,(H,19,21)(H,20,22). The Bertz CT molecular complexity index is 5400. The van der Waals surface area contributed by atoms with Gasteiger partial charge in [-0.3, -0.25) is 38.1 Å². The number of halogens is 10. The molecule has 6 aromatic carbocycles. The van der Waals surface area contributed by atoms with Crippen molar-refractivity contribution >= 4 is 168 Å². The maximum atomic E-state index is 13.2.